The summed E-state index contributed by atoms with van der Waals surface area (Å²) in [5, 5.41) is 3.70. The van der Waals surface area contributed by atoms with Gasteiger partial charge < -0.3 is 5.32 Å². The summed E-state index contributed by atoms with van der Waals surface area (Å²) in [6.45, 7) is 1.97. The Hall–Kier alpha value is -0.610. The zero-order valence-corrected chi connectivity index (χ0v) is 11.8. The topological polar surface area (TPSA) is 29.1 Å². The summed E-state index contributed by atoms with van der Waals surface area (Å²) in [6, 6.07) is 4.24. The van der Waals surface area contributed by atoms with Crippen molar-refractivity contribution >= 4 is 33.4 Å². The number of hydrogen-bond acceptors (Lipinski definition) is 1. The number of nitrogens with one attached hydrogen (secondary N) is 1. The van der Waals surface area contributed by atoms with Crippen LogP contribution in [0.1, 0.15) is 30.1 Å². The first-order valence-electron chi connectivity index (χ1n) is 5.41. The fraction of sp³-hybridized carbons (Fsp3) is 0.417. The molecule has 1 rings (SSSR count). The summed E-state index contributed by atoms with van der Waals surface area (Å²) in [5.74, 6) is -1.05. The van der Waals surface area contributed by atoms with Gasteiger partial charge in [-0.3, -0.25) is 4.79 Å². The molecule has 2 nitrogen and oxygen atoms in total. The fourth-order valence-electron chi connectivity index (χ4n) is 1.48. The van der Waals surface area contributed by atoms with Crippen molar-refractivity contribution in [2.75, 3.05) is 5.33 Å². The average molecular weight is 323 g/mol. The first-order valence-corrected chi connectivity index (χ1v) is 6.91. The van der Waals surface area contributed by atoms with E-state index in [2.05, 4.69) is 21.2 Å². The van der Waals surface area contributed by atoms with Crippen molar-refractivity contribution in [3.63, 3.8) is 0 Å². The van der Waals surface area contributed by atoms with E-state index in [4.69, 9.17) is 11.6 Å². The van der Waals surface area contributed by atoms with E-state index in [1.54, 1.807) is 0 Å². The summed E-state index contributed by atoms with van der Waals surface area (Å²) >= 11 is 9.13. The van der Waals surface area contributed by atoms with Crippen LogP contribution in [-0.4, -0.2) is 17.3 Å². The van der Waals surface area contributed by atoms with Crippen molar-refractivity contribution in [1.29, 1.82) is 0 Å². The second-order valence-electron chi connectivity index (χ2n) is 3.65. The van der Waals surface area contributed by atoms with Gasteiger partial charge in [-0.05, 0) is 25.0 Å². The molecule has 94 valence electrons. The van der Waals surface area contributed by atoms with Crippen molar-refractivity contribution in [2.45, 2.75) is 25.8 Å². The monoisotopic (exact) mass is 321 g/mol. The summed E-state index contributed by atoms with van der Waals surface area (Å²) in [5.41, 5.74) is -0.0813. The van der Waals surface area contributed by atoms with Gasteiger partial charge in [0.1, 0.15) is 5.82 Å². The van der Waals surface area contributed by atoms with E-state index in [0.717, 1.165) is 18.2 Å². The molecular weight excluding hydrogens is 308 g/mol. The molecule has 1 atom stereocenters. The SMILES string of the molecule is CCC(CCBr)NC(=O)c1c(F)cccc1Cl. The second-order valence-corrected chi connectivity index (χ2v) is 4.85. The predicted octanol–water partition coefficient (Wildman–Crippen LogP) is 3.77. The molecule has 1 aromatic carbocycles. The minimum Gasteiger partial charge on any atom is -0.349 e. The lowest BCUT2D eigenvalue weighted by Crippen LogP contribution is -2.35. The van der Waals surface area contributed by atoms with Crippen LogP contribution < -0.4 is 5.32 Å². The summed E-state index contributed by atoms with van der Waals surface area (Å²) in [6.07, 6.45) is 1.59. The van der Waals surface area contributed by atoms with E-state index in [1.807, 2.05) is 6.92 Å². The van der Waals surface area contributed by atoms with Crippen LogP contribution in [0.2, 0.25) is 5.02 Å². The minimum atomic E-state index is -0.594. The van der Waals surface area contributed by atoms with Crippen molar-refractivity contribution in [3.8, 4) is 0 Å². The van der Waals surface area contributed by atoms with Gasteiger partial charge in [-0.25, -0.2) is 4.39 Å². The molecule has 0 saturated carbocycles. The lowest BCUT2D eigenvalue weighted by atomic mass is 10.1. The lowest BCUT2D eigenvalue weighted by Gasteiger charge is -2.16. The van der Waals surface area contributed by atoms with Crippen LogP contribution in [0.4, 0.5) is 4.39 Å². The molecule has 0 heterocycles. The molecule has 1 N–H and O–H groups in total. The third-order valence-corrected chi connectivity index (χ3v) is 3.25. The van der Waals surface area contributed by atoms with E-state index < -0.39 is 11.7 Å². The molecule has 0 saturated heterocycles. The highest BCUT2D eigenvalue weighted by molar-refractivity contribution is 9.09. The number of carbonyl (C=O) groups excluding carboxylic acids is 1. The van der Waals surface area contributed by atoms with Crippen molar-refractivity contribution < 1.29 is 9.18 Å². The Bertz CT molecular complexity index is 380. The summed E-state index contributed by atoms with van der Waals surface area (Å²) in [7, 11) is 0. The number of benzene rings is 1. The number of halogens is 3. The third-order valence-electron chi connectivity index (χ3n) is 2.48. The first kappa shape index (κ1) is 14.5. The van der Waals surface area contributed by atoms with E-state index in [-0.39, 0.29) is 16.6 Å². The van der Waals surface area contributed by atoms with Gasteiger partial charge in [0, 0.05) is 11.4 Å². The highest BCUT2D eigenvalue weighted by atomic mass is 79.9. The Morgan fingerprint density at radius 2 is 2.29 bits per heavy atom. The Morgan fingerprint density at radius 3 is 2.82 bits per heavy atom. The quantitative estimate of drug-likeness (QED) is 0.821. The van der Waals surface area contributed by atoms with Gasteiger partial charge in [0.15, 0.2) is 0 Å². The Kier molecular flexibility index (Phi) is 5.92. The molecule has 5 heteroatoms. The van der Waals surface area contributed by atoms with Gasteiger partial charge in [-0.2, -0.15) is 0 Å². The van der Waals surface area contributed by atoms with Crippen LogP contribution >= 0.6 is 27.5 Å². The molecule has 0 bridgehead atoms. The number of hydrogen-bond donors (Lipinski definition) is 1. The van der Waals surface area contributed by atoms with Crippen molar-refractivity contribution in [1.82, 2.24) is 5.32 Å². The lowest BCUT2D eigenvalue weighted by molar-refractivity contribution is 0.0931. The average Bonchev–Trinajstić information content (AvgIpc) is 2.28. The van der Waals surface area contributed by atoms with Crippen molar-refractivity contribution in [3.05, 3.63) is 34.6 Å². The molecular formula is C12H14BrClFNO. The Balaban J connectivity index is 2.82. The zero-order chi connectivity index (χ0) is 12.8. The molecule has 0 spiro atoms. The second kappa shape index (κ2) is 6.97. The predicted molar refractivity (Wildman–Crippen MR) is 71.4 cm³/mol. The molecule has 1 amide bonds. The highest BCUT2D eigenvalue weighted by Crippen LogP contribution is 2.19. The van der Waals surface area contributed by atoms with E-state index >= 15 is 0 Å². The minimum absolute atomic E-state index is 0.0255. The summed E-state index contributed by atoms with van der Waals surface area (Å²) in [4.78, 5) is 11.9. The smallest absolute Gasteiger partial charge is 0.255 e. The van der Waals surface area contributed by atoms with Crippen LogP contribution in [-0.2, 0) is 0 Å². The maximum atomic E-state index is 13.5. The van der Waals surface area contributed by atoms with Gasteiger partial charge >= 0.3 is 0 Å². The normalized spacial score (nSPS) is 12.2. The Morgan fingerprint density at radius 1 is 1.59 bits per heavy atom. The first-order chi connectivity index (χ1) is 8.10. The van der Waals surface area contributed by atoms with Gasteiger partial charge in [0.05, 0.1) is 10.6 Å². The molecule has 0 aromatic heterocycles. The number of rotatable bonds is 5. The standard InChI is InChI=1S/C12H14BrClFNO/c1-2-8(6-7-13)16-12(17)11-9(14)4-3-5-10(11)15/h3-5,8H,2,6-7H2,1H3,(H,16,17). The summed E-state index contributed by atoms with van der Waals surface area (Å²) < 4.78 is 13.5. The molecule has 1 unspecified atom stereocenters. The van der Waals surface area contributed by atoms with Crippen LogP contribution in [0, 0.1) is 5.82 Å². The molecule has 1 aromatic rings. The molecule has 17 heavy (non-hydrogen) atoms. The zero-order valence-electron chi connectivity index (χ0n) is 9.47. The van der Waals surface area contributed by atoms with Crippen LogP contribution in [0.25, 0.3) is 0 Å². The van der Waals surface area contributed by atoms with Gasteiger partial charge in [0.2, 0.25) is 0 Å². The number of alkyl halides is 1. The molecule has 0 aliphatic carbocycles. The largest absolute Gasteiger partial charge is 0.349 e. The Labute approximate surface area is 114 Å². The maximum Gasteiger partial charge on any atom is 0.255 e. The maximum absolute atomic E-state index is 13.5. The molecule has 0 aliphatic rings. The van der Waals surface area contributed by atoms with Crippen molar-refractivity contribution in [2.24, 2.45) is 0 Å². The van der Waals surface area contributed by atoms with Crippen LogP contribution in [0.5, 0.6) is 0 Å². The van der Waals surface area contributed by atoms with Crippen LogP contribution in [0.3, 0.4) is 0 Å². The molecule has 0 aliphatic heterocycles. The van der Waals surface area contributed by atoms with Crippen LogP contribution in [0.15, 0.2) is 18.2 Å². The van der Waals surface area contributed by atoms with E-state index in [1.165, 1.54) is 18.2 Å². The van der Waals surface area contributed by atoms with Gasteiger partial charge in [0.25, 0.3) is 5.91 Å². The molecule has 0 radical (unpaired) electrons. The number of amides is 1. The fourth-order valence-corrected chi connectivity index (χ4v) is 2.28. The van der Waals surface area contributed by atoms with Gasteiger partial charge in [-0.1, -0.05) is 40.5 Å². The van der Waals surface area contributed by atoms with E-state index in [9.17, 15) is 9.18 Å². The van der Waals surface area contributed by atoms with E-state index in [0.29, 0.717) is 0 Å². The third kappa shape index (κ3) is 3.96. The van der Waals surface area contributed by atoms with Gasteiger partial charge in [-0.15, -0.1) is 0 Å². The highest BCUT2D eigenvalue weighted by Gasteiger charge is 2.18. The molecule has 0 fully saturated rings. The number of carbonyl (C=O) groups is 1.